The van der Waals surface area contributed by atoms with Crippen LogP contribution in [0.4, 0.5) is 5.95 Å². The van der Waals surface area contributed by atoms with E-state index in [1.165, 1.54) is 0 Å². The molecule has 1 aliphatic heterocycles. The van der Waals surface area contributed by atoms with Gasteiger partial charge < -0.3 is 15.4 Å². The zero-order chi connectivity index (χ0) is 11.4. The van der Waals surface area contributed by atoms with Gasteiger partial charge in [-0.05, 0) is 12.5 Å². The van der Waals surface area contributed by atoms with Crippen molar-refractivity contribution in [1.29, 1.82) is 0 Å². The fraction of sp³-hybridized carbons (Fsp3) is 0.500. The first-order valence-electron chi connectivity index (χ1n) is 5.23. The van der Waals surface area contributed by atoms with Crippen molar-refractivity contribution in [2.75, 3.05) is 31.2 Å². The number of nitrogens with two attached hydrogens (primary N) is 1. The smallest absolute Gasteiger partial charge is 0.226 e. The van der Waals surface area contributed by atoms with Crippen LogP contribution in [0, 0.1) is 0 Å². The van der Waals surface area contributed by atoms with Gasteiger partial charge in [0.2, 0.25) is 5.95 Å². The quantitative estimate of drug-likeness (QED) is 0.749. The maximum atomic E-state index is 5.54. The fourth-order valence-corrected chi connectivity index (χ4v) is 1.70. The van der Waals surface area contributed by atoms with Gasteiger partial charge in [-0.3, -0.25) is 0 Å². The number of anilines is 1. The van der Waals surface area contributed by atoms with Gasteiger partial charge in [-0.25, -0.2) is 9.97 Å². The van der Waals surface area contributed by atoms with Crippen molar-refractivity contribution < 1.29 is 4.74 Å². The number of aromatic nitrogens is 2. The molecule has 2 N–H and O–H groups in total. The van der Waals surface area contributed by atoms with Gasteiger partial charge in [-0.2, -0.15) is 0 Å². The van der Waals surface area contributed by atoms with E-state index in [0.717, 1.165) is 26.1 Å². The van der Waals surface area contributed by atoms with Crippen LogP contribution >= 0.6 is 12.2 Å². The highest BCUT2D eigenvalue weighted by molar-refractivity contribution is 7.80. The Hall–Kier alpha value is -1.27. The molecule has 1 saturated heterocycles. The Morgan fingerprint density at radius 3 is 3.12 bits per heavy atom. The summed E-state index contributed by atoms with van der Waals surface area (Å²) in [7, 11) is 0. The van der Waals surface area contributed by atoms with E-state index in [4.69, 9.17) is 22.7 Å². The van der Waals surface area contributed by atoms with Gasteiger partial charge in [-0.1, -0.05) is 12.2 Å². The minimum absolute atomic E-state index is 0.301. The maximum absolute atomic E-state index is 5.54. The van der Waals surface area contributed by atoms with Crippen molar-refractivity contribution in [3.05, 3.63) is 18.0 Å². The third kappa shape index (κ3) is 2.65. The van der Waals surface area contributed by atoms with Crippen LogP contribution < -0.4 is 10.6 Å². The average molecular weight is 238 g/mol. The van der Waals surface area contributed by atoms with Crippen LogP contribution in [0.5, 0.6) is 0 Å². The van der Waals surface area contributed by atoms with E-state index in [9.17, 15) is 0 Å². The second-order valence-electron chi connectivity index (χ2n) is 3.56. The van der Waals surface area contributed by atoms with E-state index < -0.39 is 0 Å². The Labute approximate surface area is 99.6 Å². The van der Waals surface area contributed by atoms with Crippen LogP contribution in [0.25, 0.3) is 0 Å². The van der Waals surface area contributed by atoms with Crippen molar-refractivity contribution in [3.63, 3.8) is 0 Å². The highest BCUT2D eigenvalue weighted by Gasteiger charge is 2.13. The van der Waals surface area contributed by atoms with Crippen LogP contribution in [-0.4, -0.2) is 41.3 Å². The summed E-state index contributed by atoms with van der Waals surface area (Å²) >= 11 is 4.89. The minimum atomic E-state index is 0.301. The molecule has 1 aliphatic rings. The Morgan fingerprint density at radius 1 is 1.44 bits per heavy atom. The summed E-state index contributed by atoms with van der Waals surface area (Å²) in [6.07, 6.45) is 2.67. The summed E-state index contributed by atoms with van der Waals surface area (Å²) < 4.78 is 5.38. The first kappa shape index (κ1) is 11.2. The molecule has 16 heavy (non-hydrogen) atoms. The lowest BCUT2D eigenvalue weighted by Crippen LogP contribution is -2.28. The SMILES string of the molecule is NC(=S)c1ccnc(N2CCCOCC2)n1. The number of ether oxygens (including phenoxy) is 1. The standard InChI is InChI=1S/C10H14N4OS/c11-9(16)8-2-3-12-10(13-8)14-4-1-6-15-7-5-14/h2-3H,1,4-7H2,(H2,11,16). The number of hydrogen-bond acceptors (Lipinski definition) is 5. The topological polar surface area (TPSA) is 64.3 Å². The third-order valence-corrected chi connectivity index (χ3v) is 2.61. The molecule has 0 unspecified atom stereocenters. The number of hydrogen-bond donors (Lipinski definition) is 1. The normalized spacial score (nSPS) is 16.9. The van der Waals surface area contributed by atoms with Gasteiger partial charge in [0.25, 0.3) is 0 Å². The molecule has 0 amide bonds. The van der Waals surface area contributed by atoms with E-state index in [-0.39, 0.29) is 0 Å². The molecule has 2 heterocycles. The number of thiocarbonyl (C=S) groups is 1. The second kappa shape index (κ2) is 5.18. The molecule has 0 spiro atoms. The van der Waals surface area contributed by atoms with Gasteiger partial charge in [0.1, 0.15) is 10.7 Å². The number of nitrogens with zero attached hydrogens (tertiary/aromatic N) is 3. The summed E-state index contributed by atoms with van der Waals surface area (Å²) in [6.45, 7) is 3.22. The van der Waals surface area contributed by atoms with E-state index in [2.05, 4.69) is 14.9 Å². The molecular weight excluding hydrogens is 224 g/mol. The predicted molar refractivity (Wildman–Crippen MR) is 65.6 cm³/mol. The van der Waals surface area contributed by atoms with Gasteiger partial charge in [0.05, 0.1) is 6.61 Å². The summed E-state index contributed by atoms with van der Waals surface area (Å²) in [5, 5.41) is 0. The summed E-state index contributed by atoms with van der Waals surface area (Å²) in [5.74, 6) is 0.677. The zero-order valence-electron chi connectivity index (χ0n) is 8.93. The van der Waals surface area contributed by atoms with Gasteiger partial charge in [0.15, 0.2) is 0 Å². The summed E-state index contributed by atoms with van der Waals surface area (Å²) in [5.41, 5.74) is 6.16. The summed E-state index contributed by atoms with van der Waals surface area (Å²) in [6, 6.07) is 1.72. The van der Waals surface area contributed by atoms with Crippen molar-refractivity contribution in [2.45, 2.75) is 6.42 Å². The molecule has 1 aromatic rings. The molecule has 1 fully saturated rings. The molecule has 0 aliphatic carbocycles. The maximum Gasteiger partial charge on any atom is 0.226 e. The largest absolute Gasteiger partial charge is 0.388 e. The van der Waals surface area contributed by atoms with Crippen molar-refractivity contribution in [2.24, 2.45) is 5.73 Å². The van der Waals surface area contributed by atoms with E-state index in [0.29, 0.717) is 23.2 Å². The van der Waals surface area contributed by atoms with Gasteiger partial charge in [0, 0.05) is 25.9 Å². The van der Waals surface area contributed by atoms with Crippen molar-refractivity contribution in [3.8, 4) is 0 Å². The zero-order valence-corrected chi connectivity index (χ0v) is 9.74. The van der Waals surface area contributed by atoms with Gasteiger partial charge in [-0.15, -0.1) is 0 Å². The lowest BCUT2D eigenvalue weighted by atomic mass is 10.4. The molecular formula is C10H14N4OS. The first-order valence-corrected chi connectivity index (χ1v) is 5.64. The Morgan fingerprint density at radius 2 is 2.31 bits per heavy atom. The molecule has 0 radical (unpaired) electrons. The number of rotatable bonds is 2. The fourth-order valence-electron chi connectivity index (χ4n) is 1.58. The van der Waals surface area contributed by atoms with E-state index >= 15 is 0 Å². The Kier molecular flexibility index (Phi) is 3.63. The highest BCUT2D eigenvalue weighted by Crippen LogP contribution is 2.10. The first-order chi connectivity index (χ1) is 7.77. The van der Waals surface area contributed by atoms with Crippen LogP contribution in [0.3, 0.4) is 0 Å². The summed E-state index contributed by atoms with van der Waals surface area (Å²) in [4.78, 5) is 11.0. The van der Waals surface area contributed by atoms with E-state index in [1.54, 1.807) is 12.3 Å². The molecule has 1 aromatic heterocycles. The molecule has 86 valence electrons. The molecule has 6 heteroatoms. The predicted octanol–water partition coefficient (Wildman–Crippen LogP) is 0.337. The molecule has 2 rings (SSSR count). The molecule has 0 bridgehead atoms. The Balaban J connectivity index is 2.18. The van der Waals surface area contributed by atoms with Crippen LogP contribution in [0.2, 0.25) is 0 Å². The van der Waals surface area contributed by atoms with Crippen LogP contribution in [0.15, 0.2) is 12.3 Å². The van der Waals surface area contributed by atoms with Gasteiger partial charge >= 0.3 is 0 Å². The Bertz CT molecular complexity index is 377. The van der Waals surface area contributed by atoms with Crippen LogP contribution in [0.1, 0.15) is 12.1 Å². The highest BCUT2D eigenvalue weighted by atomic mass is 32.1. The monoisotopic (exact) mass is 238 g/mol. The molecule has 5 nitrogen and oxygen atoms in total. The van der Waals surface area contributed by atoms with Crippen molar-refractivity contribution in [1.82, 2.24) is 9.97 Å². The lowest BCUT2D eigenvalue weighted by molar-refractivity contribution is 0.152. The molecule has 0 aromatic carbocycles. The lowest BCUT2D eigenvalue weighted by Gasteiger charge is -2.19. The minimum Gasteiger partial charge on any atom is -0.388 e. The second-order valence-corrected chi connectivity index (χ2v) is 4.00. The van der Waals surface area contributed by atoms with Crippen molar-refractivity contribution >= 4 is 23.2 Å². The molecule has 0 saturated carbocycles. The average Bonchev–Trinajstić information content (AvgIpc) is 2.57. The van der Waals surface area contributed by atoms with Crippen LogP contribution in [-0.2, 0) is 4.74 Å². The third-order valence-electron chi connectivity index (χ3n) is 2.40. The van der Waals surface area contributed by atoms with E-state index in [1.807, 2.05) is 0 Å². The molecule has 0 atom stereocenters.